The number of rotatable bonds is 0. The van der Waals surface area contributed by atoms with E-state index in [1.165, 1.54) is 6.08 Å². The predicted molar refractivity (Wildman–Crippen MR) is 73.3 cm³/mol. The Morgan fingerprint density at radius 2 is 1.79 bits per heavy atom. The van der Waals surface area contributed by atoms with Crippen LogP contribution in [0.5, 0.6) is 0 Å². The minimum Gasteiger partial charge on any atom is -0.323 e. The molecule has 3 nitrogen and oxygen atoms in total. The Labute approximate surface area is 108 Å². The zero-order valence-corrected chi connectivity index (χ0v) is 9.96. The van der Waals surface area contributed by atoms with Crippen LogP contribution >= 0.6 is 0 Å². The normalized spacial score (nSPS) is 14.3. The van der Waals surface area contributed by atoms with Gasteiger partial charge in [0.1, 0.15) is 0 Å². The molecule has 3 heteroatoms. The van der Waals surface area contributed by atoms with Crippen LogP contribution in [0.25, 0.3) is 22.4 Å². The number of aromatic nitrogens is 1. The first kappa shape index (κ1) is 10.3. The Hall–Kier alpha value is -2.68. The highest BCUT2D eigenvalue weighted by Crippen LogP contribution is 2.30. The van der Waals surface area contributed by atoms with Gasteiger partial charge in [0.05, 0.1) is 5.52 Å². The van der Waals surface area contributed by atoms with Crippen molar-refractivity contribution in [2.24, 2.45) is 0 Å². The number of nitrogens with zero attached hydrogens (tertiary/aromatic N) is 1. The minimum atomic E-state index is -0.449. The molecule has 2 aromatic heterocycles. The van der Waals surface area contributed by atoms with Gasteiger partial charge < -0.3 is 4.40 Å². The standard InChI is InChI=1S/C16H9NO2/c18-14-7-5-10-4-6-11-12(15(10)16(14)19)9-17-8-2-1-3-13(11)17/h1-9H. The molecule has 1 aromatic carbocycles. The molecule has 0 saturated heterocycles. The summed E-state index contributed by atoms with van der Waals surface area (Å²) in [5.41, 5.74) is 2.37. The summed E-state index contributed by atoms with van der Waals surface area (Å²) in [7, 11) is 0. The largest absolute Gasteiger partial charge is 0.323 e. The summed E-state index contributed by atoms with van der Waals surface area (Å²) in [6.07, 6.45) is 6.90. The predicted octanol–water partition coefficient (Wildman–Crippen LogP) is 2.87. The minimum absolute atomic E-state index is 0.418. The summed E-state index contributed by atoms with van der Waals surface area (Å²) < 4.78 is 1.97. The average Bonchev–Trinajstić information content (AvgIpc) is 2.81. The van der Waals surface area contributed by atoms with Crippen LogP contribution in [-0.4, -0.2) is 16.0 Å². The summed E-state index contributed by atoms with van der Waals surface area (Å²) in [5, 5.41) is 1.84. The maximum Gasteiger partial charge on any atom is 0.234 e. The summed E-state index contributed by atoms with van der Waals surface area (Å²) >= 11 is 0. The van der Waals surface area contributed by atoms with E-state index in [-0.39, 0.29) is 0 Å². The van der Waals surface area contributed by atoms with Gasteiger partial charge in [0.25, 0.3) is 0 Å². The van der Waals surface area contributed by atoms with Crippen LogP contribution < -0.4 is 0 Å². The molecule has 0 unspecified atom stereocenters. The number of fused-ring (bicyclic) bond motifs is 5. The van der Waals surface area contributed by atoms with Crippen molar-refractivity contribution >= 4 is 33.9 Å². The fraction of sp³-hybridized carbons (Fsp3) is 0. The fourth-order valence-electron chi connectivity index (χ4n) is 2.69. The molecule has 3 aromatic rings. The smallest absolute Gasteiger partial charge is 0.234 e. The summed E-state index contributed by atoms with van der Waals surface area (Å²) in [6.45, 7) is 0. The van der Waals surface area contributed by atoms with Gasteiger partial charge in [0.15, 0.2) is 0 Å². The average molecular weight is 247 g/mol. The van der Waals surface area contributed by atoms with E-state index in [1.54, 1.807) is 6.08 Å². The molecule has 0 spiro atoms. The van der Waals surface area contributed by atoms with Gasteiger partial charge in [-0.1, -0.05) is 24.3 Å². The Balaban J connectivity index is 2.22. The van der Waals surface area contributed by atoms with Gasteiger partial charge >= 0.3 is 0 Å². The molecule has 4 rings (SSSR count). The summed E-state index contributed by atoms with van der Waals surface area (Å²) in [5.74, 6) is -0.866. The lowest BCUT2D eigenvalue weighted by atomic mass is 9.92. The number of benzene rings is 1. The Kier molecular flexibility index (Phi) is 1.85. The topological polar surface area (TPSA) is 38.5 Å². The highest BCUT2D eigenvalue weighted by Gasteiger charge is 2.24. The molecular weight excluding hydrogens is 238 g/mol. The molecule has 0 fully saturated rings. The highest BCUT2D eigenvalue weighted by molar-refractivity contribution is 6.51. The zero-order chi connectivity index (χ0) is 13.0. The molecule has 2 heterocycles. The molecule has 0 N–H and O–H groups in total. The third kappa shape index (κ3) is 1.27. The second-order valence-electron chi connectivity index (χ2n) is 4.64. The molecule has 0 atom stereocenters. The van der Waals surface area contributed by atoms with Crippen LogP contribution in [0.3, 0.4) is 0 Å². The molecule has 90 valence electrons. The van der Waals surface area contributed by atoms with Gasteiger partial charge in [-0.15, -0.1) is 0 Å². The maximum absolute atomic E-state index is 12.1. The van der Waals surface area contributed by atoms with Gasteiger partial charge in [-0.05, 0) is 23.8 Å². The quantitative estimate of drug-likeness (QED) is 0.573. The van der Waals surface area contributed by atoms with Gasteiger partial charge in [-0.2, -0.15) is 0 Å². The number of hydrogen-bond donors (Lipinski definition) is 0. The number of Topliss-reactive ketones (excluding diaryl/α,β-unsaturated/α-hetero) is 1. The van der Waals surface area contributed by atoms with Crippen molar-refractivity contribution in [1.29, 1.82) is 0 Å². The molecule has 0 aliphatic heterocycles. The van der Waals surface area contributed by atoms with Crippen molar-refractivity contribution in [3.05, 3.63) is 59.9 Å². The molecule has 0 saturated carbocycles. The van der Waals surface area contributed by atoms with Crippen LogP contribution in [0.15, 0.2) is 48.8 Å². The van der Waals surface area contributed by atoms with E-state index in [0.717, 1.165) is 21.9 Å². The molecule has 0 amide bonds. The van der Waals surface area contributed by atoms with E-state index in [1.807, 2.05) is 47.1 Å². The monoisotopic (exact) mass is 247 g/mol. The van der Waals surface area contributed by atoms with Crippen LogP contribution in [0.1, 0.15) is 15.9 Å². The molecule has 19 heavy (non-hydrogen) atoms. The molecule has 1 aliphatic rings. The Bertz CT molecular complexity index is 900. The van der Waals surface area contributed by atoms with Crippen LogP contribution in [0.2, 0.25) is 0 Å². The first-order valence-corrected chi connectivity index (χ1v) is 6.05. The lowest BCUT2D eigenvalue weighted by Gasteiger charge is -2.09. The van der Waals surface area contributed by atoms with Crippen molar-refractivity contribution in [3.8, 4) is 0 Å². The molecule has 0 bridgehead atoms. The van der Waals surface area contributed by atoms with E-state index in [0.29, 0.717) is 5.56 Å². The van der Waals surface area contributed by atoms with Crippen LogP contribution in [0, 0.1) is 0 Å². The number of allylic oxidation sites excluding steroid dienone is 1. The second-order valence-corrected chi connectivity index (χ2v) is 4.64. The first-order chi connectivity index (χ1) is 9.25. The van der Waals surface area contributed by atoms with Gasteiger partial charge in [-0.3, -0.25) is 9.59 Å². The van der Waals surface area contributed by atoms with Crippen LogP contribution in [-0.2, 0) is 4.79 Å². The van der Waals surface area contributed by atoms with E-state index < -0.39 is 11.6 Å². The van der Waals surface area contributed by atoms with E-state index in [4.69, 9.17) is 0 Å². The summed E-state index contributed by atoms with van der Waals surface area (Å²) in [4.78, 5) is 23.7. The SMILES string of the molecule is O=C1C=Cc2ccc3c(cn4ccccc34)c2C1=O. The third-order valence-corrected chi connectivity index (χ3v) is 3.58. The van der Waals surface area contributed by atoms with Crippen molar-refractivity contribution in [3.63, 3.8) is 0 Å². The molecule has 0 radical (unpaired) electrons. The number of pyridine rings is 1. The van der Waals surface area contributed by atoms with Crippen molar-refractivity contribution in [1.82, 2.24) is 4.40 Å². The van der Waals surface area contributed by atoms with E-state index >= 15 is 0 Å². The van der Waals surface area contributed by atoms with Crippen LogP contribution in [0.4, 0.5) is 0 Å². The van der Waals surface area contributed by atoms with Gasteiger partial charge in [-0.25, -0.2) is 0 Å². The number of ketones is 2. The lowest BCUT2D eigenvalue weighted by Crippen LogP contribution is -2.16. The van der Waals surface area contributed by atoms with Gasteiger partial charge in [0, 0.05) is 28.7 Å². The van der Waals surface area contributed by atoms with E-state index in [9.17, 15) is 9.59 Å². The fourth-order valence-corrected chi connectivity index (χ4v) is 2.69. The van der Waals surface area contributed by atoms with Crippen molar-refractivity contribution < 1.29 is 9.59 Å². The molecular formula is C16H9NO2. The maximum atomic E-state index is 12.1. The lowest BCUT2D eigenvalue weighted by molar-refractivity contribution is -0.110. The Morgan fingerprint density at radius 3 is 2.68 bits per heavy atom. The van der Waals surface area contributed by atoms with Crippen molar-refractivity contribution in [2.45, 2.75) is 0 Å². The van der Waals surface area contributed by atoms with E-state index in [2.05, 4.69) is 0 Å². The third-order valence-electron chi connectivity index (χ3n) is 3.58. The van der Waals surface area contributed by atoms with Crippen molar-refractivity contribution in [2.75, 3.05) is 0 Å². The molecule has 1 aliphatic carbocycles. The first-order valence-electron chi connectivity index (χ1n) is 6.05. The summed E-state index contributed by atoms with van der Waals surface area (Å²) in [6, 6.07) is 9.79. The number of carbonyl (C=O) groups excluding carboxylic acids is 2. The number of hydrogen-bond acceptors (Lipinski definition) is 2. The highest BCUT2D eigenvalue weighted by atomic mass is 16.2. The second kappa shape index (κ2) is 3.42. The Morgan fingerprint density at radius 1 is 0.895 bits per heavy atom. The number of carbonyl (C=O) groups is 2. The van der Waals surface area contributed by atoms with Gasteiger partial charge in [0.2, 0.25) is 11.6 Å². The zero-order valence-electron chi connectivity index (χ0n) is 9.96.